The van der Waals surface area contributed by atoms with E-state index in [2.05, 4.69) is 4.90 Å². The van der Waals surface area contributed by atoms with Gasteiger partial charge < -0.3 is 4.74 Å². The van der Waals surface area contributed by atoms with Crippen LogP contribution in [0, 0.1) is 5.92 Å². The van der Waals surface area contributed by atoms with Crippen LogP contribution < -0.4 is 9.46 Å². The van der Waals surface area contributed by atoms with Gasteiger partial charge in [-0.05, 0) is 61.9 Å². The van der Waals surface area contributed by atoms with Gasteiger partial charge in [0.1, 0.15) is 6.04 Å². The Bertz CT molecular complexity index is 1070. The van der Waals surface area contributed by atoms with E-state index < -0.39 is 22.2 Å². The largest absolute Gasteiger partial charge is 0.477 e. The molecule has 6 nitrogen and oxygen atoms in total. The van der Waals surface area contributed by atoms with Crippen LogP contribution in [0.15, 0.2) is 42.5 Å². The number of likely N-dealkylation sites (tertiary alicyclic amines) is 1. The van der Waals surface area contributed by atoms with Crippen molar-refractivity contribution in [2.24, 2.45) is 5.92 Å². The lowest BCUT2D eigenvalue weighted by molar-refractivity contribution is -0.153. The molecule has 1 aliphatic carbocycles. The molecule has 1 aliphatic heterocycles. The lowest BCUT2D eigenvalue weighted by Gasteiger charge is -2.32. The Hall–Kier alpha value is -1.88. The second-order valence-corrected chi connectivity index (χ2v) is 11.1. The molecule has 2 heterocycles. The molecule has 11 heteroatoms. The van der Waals surface area contributed by atoms with Crippen molar-refractivity contribution >= 4 is 22.4 Å². The highest BCUT2D eigenvalue weighted by atomic mass is 35.5. The summed E-state index contributed by atoms with van der Waals surface area (Å²) >= 11 is 0. The minimum Gasteiger partial charge on any atom is -0.477 e. The first-order chi connectivity index (χ1) is 16.1. The van der Waals surface area contributed by atoms with Crippen LogP contribution in [0.5, 0.6) is 5.88 Å². The third-order valence-electron chi connectivity index (χ3n) is 6.29. The van der Waals surface area contributed by atoms with Crippen molar-refractivity contribution in [1.29, 1.82) is 0 Å². The summed E-state index contributed by atoms with van der Waals surface area (Å²) in [6, 6.07) is 9.63. The van der Waals surface area contributed by atoms with Gasteiger partial charge in [-0.25, -0.2) is 13.4 Å². The molecule has 0 bridgehead atoms. The molecule has 2 aliphatic rings. The smallest absolute Gasteiger partial charge is 0.408 e. The van der Waals surface area contributed by atoms with Gasteiger partial charge in [0.2, 0.25) is 15.9 Å². The molecule has 4 rings (SSSR count). The molecule has 0 amide bonds. The zero-order valence-corrected chi connectivity index (χ0v) is 21.1. The lowest BCUT2D eigenvalue weighted by atomic mass is 9.92. The van der Waals surface area contributed by atoms with E-state index in [-0.39, 0.29) is 18.0 Å². The van der Waals surface area contributed by atoms with Crippen LogP contribution in [-0.4, -0.2) is 50.4 Å². The van der Waals surface area contributed by atoms with Gasteiger partial charge in [-0.2, -0.15) is 17.9 Å². The summed E-state index contributed by atoms with van der Waals surface area (Å²) in [5.74, 6) is 1.73. The summed E-state index contributed by atoms with van der Waals surface area (Å²) in [7, 11) is -4.01. The van der Waals surface area contributed by atoms with Crippen molar-refractivity contribution in [3.05, 3.63) is 59.3 Å². The van der Waals surface area contributed by atoms with Gasteiger partial charge in [0.15, 0.2) is 0 Å². The number of ether oxygens (including phenoxy) is 1. The molecule has 0 radical (unpaired) electrons. The van der Waals surface area contributed by atoms with Gasteiger partial charge in [-0.15, -0.1) is 12.4 Å². The number of sulfonamides is 1. The number of nitrogens with one attached hydrogen (secondary N) is 1. The molecule has 2 fully saturated rings. The van der Waals surface area contributed by atoms with E-state index in [4.69, 9.17) is 9.72 Å². The minimum atomic E-state index is -4.72. The Morgan fingerprint density at radius 2 is 1.74 bits per heavy atom. The molecule has 1 aromatic heterocycles. The zero-order valence-electron chi connectivity index (χ0n) is 19.5. The van der Waals surface area contributed by atoms with Crippen molar-refractivity contribution < 1.29 is 26.3 Å². The average Bonchev–Trinajstić information content (AvgIpc) is 3.61. The van der Waals surface area contributed by atoms with Crippen LogP contribution in [0.2, 0.25) is 0 Å². The predicted octanol–water partition coefficient (Wildman–Crippen LogP) is 4.82. The second kappa shape index (κ2) is 11.5. The monoisotopic (exact) mass is 533 g/mol. The summed E-state index contributed by atoms with van der Waals surface area (Å²) in [4.78, 5) is 6.97. The van der Waals surface area contributed by atoms with Crippen LogP contribution in [0.25, 0.3) is 0 Å². The van der Waals surface area contributed by atoms with Crippen LogP contribution in [-0.2, 0) is 16.6 Å². The molecular formula is C24H31ClF3N3O3S. The quantitative estimate of drug-likeness (QED) is 0.500. The number of aromatic nitrogens is 1. The topological polar surface area (TPSA) is 71.5 Å². The maximum absolute atomic E-state index is 13.3. The number of hydrogen-bond donors (Lipinski definition) is 1. The molecule has 194 valence electrons. The number of alkyl halides is 3. The number of nitrogens with zero attached hydrogens (tertiary/aromatic N) is 2. The molecule has 1 N–H and O–H groups in total. The van der Waals surface area contributed by atoms with E-state index >= 15 is 0 Å². The van der Waals surface area contributed by atoms with Crippen LogP contribution in [0.1, 0.15) is 54.5 Å². The van der Waals surface area contributed by atoms with Crippen molar-refractivity contribution in [2.75, 3.05) is 26.0 Å². The Labute approximate surface area is 210 Å². The first kappa shape index (κ1) is 27.7. The Kier molecular flexibility index (Phi) is 9.06. The van der Waals surface area contributed by atoms with E-state index in [1.165, 1.54) is 25.0 Å². The highest BCUT2D eigenvalue weighted by Gasteiger charge is 2.42. The molecule has 1 saturated carbocycles. The lowest BCUT2D eigenvalue weighted by Crippen LogP contribution is -2.37. The Morgan fingerprint density at radius 1 is 1.09 bits per heavy atom. The van der Waals surface area contributed by atoms with E-state index in [0.717, 1.165) is 50.1 Å². The van der Waals surface area contributed by atoms with Crippen LogP contribution in [0.3, 0.4) is 0 Å². The van der Waals surface area contributed by atoms with Gasteiger partial charge in [-0.1, -0.05) is 30.3 Å². The molecule has 1 aromatic carbocycles. The summed E-state index contributed by atoms with van der Waals surface area (Å²) < 4.78 is 70.3. The van der Waals surface area contributed by atoms with Crippen molar-refractivity contribution in [3.63, 3.8) is 0 Å². The van der Waals surface area contributed by atoms with Gasteiger partial charge in [-0.3, -0.25) is 4.90 Å². The third kappa shape index (κ3) is 8.34. The highest BCUT2D eigenvalue weighted by Crippen LogP contribution is 2.34. The fraction of sp³-hybridized carbons (Fsp3) is 0.542. The van der Waals surface area contributed by atoms with Crippen LogP contribution >= 0.6 is 12.4 Å². The number of pyridine rings is 1. The first-order valence-corrected chi connectivity index (χ1v) is 13.4. The molecule has 0 spiro atoms. The van der Waals surface area contributed by atoms with E-state index in [9.17, 15) is 21.6 Å². The predicted molar refractivity (Wildman–Crippen MR) is 130 cm³/mol. The maximum Gasteiger partial charge on any atom is 0.408 e. The van der Waals surface area contributed by atoms with E-state index in [1.54, 1.807) is 16.9 Å². The van der Waals surface area contributed by atoms with Crippen molar-refractivity contribution in [3.8, 4) is 5.88 Å². The fourth-order valence-electron chi connectivity index (χ4n) is 4.22. The molecule has 35 heavy (non-hydrogen) atoms. The Balaban J connectivity index is 0.00000342. The van der Waals surface area contributed by atoms with Crippen molar-refractivity contribution in [1.82, 2.24) is 14.6 Å². The van der Waals surface area contributed by atoms with Gasteiger partial charge in [0.25, 0.3) is 0 Å². The summed E-state index contributed by atoms with van der Waals surface area (Å²) in [6.45, 7) is 3.09. The molecule has 0 unspecified atom stereocenters. The second-order valence-electron chi connectivity index (χ2n) is 9.31. The fourth-order valence-corrected chi connectivity index (χ4v) is 4.92. The number of piperidine rings is 1. The molecular weight excluding hydrogens is 503 g/mol. The molecule has 1 atom stereocenters. The SMILES string of the molecule is CS(=O)(=O)N[C@@H](c1ccc(CN2CCC(c3cccc(OCC4CC4)n3)CC2)cc1)C(F)(F)F.Cl. The maximum atomic E-state index is 13.3. The number of rotatable bonds is 9. The number of hydrogen-bond acceptors (Lipinski definition) is 5. The summed E-state index contributed by atoms with van der Waals surface area (Å²) in [5.41, 5.74) is 1.81. The van der Waals surface area contributed by atoms with Gasteiger partial charge in [0.05, 0.1) is 12.9 Å². The van der Waals surface area contributed by atoms with Gasteiger partial charge >= 0.3 is 6.18 Å². The third-order valence-corrected chi connectivity index (χ3v) is 6.96. The number of halogens is 4. The number of benzene rings is 1. The van der Waals surface area contributed by atoms with E-state index in [0.29, 0.717) is 24.3 Å². The normalized spacial score (nSPS) is 18.6. The average molecular weight is 534 g/mol. The minimum absolute atomic E-state index is 0. The standard InChI is InChI=1S/C24H30F3N3O3S.ClH/c1-34(31,32)29-23(24(25,26)27)20-9-7-17(8-10-20)15-30-13-11-19(12-14-30)21-3-2-4-22(28-21)33-16-18-5-6-18;/h2-4,7-10,18-19,23,29H,5-6,11-16H2,1H3;1H/t23-;/m0./s1. The summed E-state index contributed by atoms with van der Waals surface area (Å²) in [5, 5.41) is 0. The first-order valence-electron chi connectivity index (χ1n) is 11.5. The van der Waals surface area contributed by atoms with Crippen LogP contribution in [0.4, 0.5) is 13.2 Å². The Morgan fingerprint density at radius 3 is 2.31 bits per heavy atom. The zero-order chi connectivity index (χ0) is 24.3. The van der Waals surface area contributed by atoms with E-state index in [1.807, 2.05) is 18.2 Å². The summed E-state index contributed by atoms with van der Waals surface area (Å²) in [6.07, 6.45) is 0.372. The molecule has 2 aromatic rings. The molecule has 1 saturated heterocycles. The van der Waals surface area contributed by atoms with Crippen molar-refractivity contribution in [2.45, 2.75) is 50.4 Å². The highest BCUT2D eigenvalue weighted by molar-refractivity contribution is 7.88. The van der Waals surface area contributed by atoms with Gasteiger partial charge in [0, 0.05) is 24.2 Å².